The Hall–Kier alpha value is -2.96. The lowest BCUT2D eigenvalue weighted by Gasteiger charge is -2.36. The van der Waals surface area contributed by atoms with Crippen molar-refractivity contribution in [2.75, 3.05) is 13.1 Å². The maximum absolute atomic E-state index is 13.9. The van der Waals surface area contributed by atoms with Crippen LogP contribution in [0.4, 0.5) is 13.2 Å². The highest BCUT2D eigenvalue weighted by Gasteiger charge is 2.33. The number of ether oxygens (including phenoxy) is 1. The van der Waals surface area contributed by atoms with Crippen molar-refractivity contribution in [1.29, 1.82) is 0 Å². The number of nitrogens with one attached hydrogen (secondary N) is 1. The number of alkyl halides is 3. The minimum Gasteiger partial charge on any atom is -0.490 e. The summed E-state index contributed by atoms with van der Waals surface area (Å²) in [4.78, 5) is 34.4. The van der Waals surface area contributed by atoms with Gasteiger partial charge in [-0.15, -0.1) is 12.6 Å². The van der Waals surface area contributed by atoms with Crippen molar-refractivity contribution < 1.29 is 22.7 Å². The highest BCUT2D eigenvalue weighted by molar-refractivity contribution is 7.99. The lowest BCUT2D eigenvalue weighted by Crippen LogP contribution is -2.48. The molecule has 3 aromatic rings. The largest absolute Gasteiger partial charge is 0.490 e. The molecule has 0 spiro atoms. The number of thioether (sulfide) groups is 1. The van der Waals surface area contributed by atoms with Gasteiger partial charge in [0.1, 0.15) is 11.9 Å². The fraction of sp³-hybridized carbons (Fsp3) is 0.452. The first-order valence-electron chi connectivity index (χ1n) is 14.6. The molecular weight excluding hydrogens is 597 g/mol. The van der Waals surface area contributed by atoms with E-state index in [9.17, 15) is 22.8 Å². The quantitative estimate of drug-likeness (QED) is 0.235. The summed E-state index contributed by atoms with van der Waals surface area (Å²) < 4.78 is 45.7. The van der Waals surface area contributed by atoms with Gasteiger partial charge in [-0.2, -0.15) is 13.2 Å². The van der Waals surface area contributed by atoms with Crippen LogP contribution < -0.4 is 15.6 Å². The summed E-state index contributed by atoms with van der Waals surface area (Å²) in [5.41, 5.74) is 1.19. The van der Waals surface area contributed by atoms with E-state index in [0.29, 0.717) is 71.1 Å². The summed E-state index contributed by atoms with van der Waals surface area (Å²) in [5.74, 6) is 0.390. The van der Waals surface area contributed by atoms with Crippen LogP contribution in [0.1, 0.15) is 55.3 Å². The highest BCUT2D eigenvalue weighted by atomic mass is 32.2. The summed E-state index contributed by atoms with van der Waals surface area (Å²) in [7, 11) is 0. The molecule has 228 valence electrons. The van der Waals surface area contributed by atoms with Crippen molar-refractivity contribution in [2.45, 2.75) is 85.1 Å². The monoisotopic (exact) mass is 630 g/mol. The molecule has 1 amide bonds. The van der Waals surface area contributed by atoms with Crippen molar-refractivity contribution in [2.24, 2.45) is 0 Å². The molecule has 0 unspecified atom stereocenters. The second-order valence-corrected chi connectivity index (χ2v) is 13.1. The average molecular weight is 631 g/mol. The second-order valence-electron chi connectivity index (χ2n) is 11.3. The Morgan fingerprint density at radius 3 is 2.53 bits per heavy atom. The number of aromatic nitrogens is 2. The highest BCUT2D eigenvalue weighted by Crippen LogP contribution is 2.37. The predicted octanol–water partition coefficient (Wildman–Crippen LogP) is 5.66. The van der Waals surface area contributed by atoms with Gasteiger partial charge in [0.15, 0.2) is 5.16 Å². The summed E-state index contributed by atoms with van der Waals surface area (Å²) in [6.07, 6.45) is 1.24. The average Bonchev–Trinajstić information content (AvgIpc) is 2.94. The first-order chi connectivity index (χ1) is 20.7. The molecule has 2 aromatic carbocycles. The molecule has 2 heterocycles. The van der Waals surface area contributed by atoms with Gasteiger partial charge in [-0.05, 0) is 62.1 Å². The van der Waals surface area contributed by atoms with Gasteiger partial charge < -0.3 is 15.0 Å². The lowest BCUT2D eigenvalue weighted by molar-refractivity contribution is -0.137. The Kier molecular flexibility index (Phi) is 8.79. The zero-order valence-electron chi connectivity index (χ0n) is 23.5. The van der Waals surface area contributed by atoms with Gasteiger partial charge >= 0.3 is 6.18 Å². The number of benzene rings is 2. The number of thiol groups is 1. The number of rotatable bonds is 9. The smallest absolute Gasteiger partial charge is 0.416 e. The Balaban J connectivity index is 1.03. The maximum atomic E-state index is 13.9. The SMILES string of the molecule is O=C(CCNC1CC(Oc2ccc(C(F)(F)F)cc2)C1)N1CCc2nc(SC3CCC3)n(-c3ccccc3S)c(=O)c2C1. The molecule has 0 bridgehead atoms. The van der Waals surface area contributed by atoms with Gasteiger partial charge in [0.05, 0.1) is 29.1 Å². The van der Waals surface area contributed by atoms with Crippen molar-refractivity contribution in [3.63, 3.8) is 0 Å². The van der Waals surface area contributed by atoms with Crippen LogP contribution in [0, 0.1) is 0 Å². The van der Waals surface area contributed by atoms with Crippen LogP contribution in [0.2, 0.25) is 0 Å². The molecule has 2 fully saturated rings. The van der Waals surface area contributed by atoms with E-state index in [-0.39, 0.29) is 30.2 Å². The fourth-order valence-corrected chi connectivity index (χ4v) is 7.11. The number of amides is 1. The van der Waals surface area contributed by atoms with E-state index in [1.807, 2.05) is 24.3 Å². The van der Waals surface area contributed by atoms with Crippen molar-refractivity contribution in [1.82, 2.24) is 19.8 Å². The number of halogens is 3. The number of carbonyl (C=O) groups is 1. The Labute approximate surface area is 257 Å². The molecule has 1 aliphatic heterocycles. The van der Waals surface area contributed by atoms with E-state index in [2.05, 4.69) is 17.9 Å². The number of carbonyl (C=O) groups excluding carboxylic acids is 1. The van der Waals surface area contributed by atoms with Crippen molar-refractivity contribution >= 4 is 30.3 Å². The van der Waals surface area contributed by atoms with Gasteiger partial charge in [-0.25, -0.2) is 4.98 Å². The number of hydrogen-bond acceptors (Lipinski definition) is 7. The third-order valence-electron chi connectivity index (χ3n) is 8.35. The Bertz CT molecular complexity index is 1540. The predicted molar refractivity (Wildman–Crippen MR) is 161 cm³/mol. The molecule has 7 nitrogen and oxygen atoms in total. The number of nitrogens with zero attached hydrogens (tertiary/aromatic N) is 3. The van der Waals surface area contributed by atoms with Gasteiger partial charge in [0.2, 0.25) is 5.91 Å². The number of para-hydroxylation sites is 1. The van der Waals surface area contributed by atoms with Crippen LogP contribution in [0.5, 0.6) is 5.75 Å². The van der Waals surface area contributed by atoms with E-state index >= 15 is 0 Å². The van der Waals surface area contributed by atoms with Crippen LogP contribution in [-0.2, 0) is 23.9 Å². The standard InChI is InChI=1S/C31H33F3N4O3S2/c32-31(33,34)19-8-10-21(11-9-19)41-22-16-20(17-22)35-14-12-28(39)37-15-13-25-24(18-37)29(40)38(26-6-1-2-7-27(26)42)30(36-25)43-23-4-3-5-23/h1-2,6-11,20,22-23,35,42H,3-5,12-18H2. The summed E-state index contributed by atoms with van der Waals surface area (Å²) in [5, 5.41) is 4.52. The molecule has 3 aliphatic rings. The zero-order valence-corrected chi connectivity index (χ0v) is 25.2. The molecule has 0 atom stereocenters. The molecule has 1 N–H and O–H groups in total. The molecule has 0 radical (unpaired) electrons. The first kappa shape index (κ1) is 30.1. The summed E-state index contributed by atoms with van der Waals surface area (Å²) in [6.45, 7) is 1.24. The van der Waals surface area contributed by atoms with Crippen LogP contribution in [0.3, 0.4) is 0 Å². The van der Waals surface area contributed by atoms with E-state index in [1.54, 1.807) is 21.2 Å². The van der Waals surface area contributed by atoms with Crippen LogP contribution in [-0.4, -0.2) is 50.8 Å². The van der Waals surface area contributed by atoms with E-state index < -0.39 is 11.7 Å². The Morgan fingerprint density at radius 1 is 1.12 bits per heavy atom. The fourth-order valence-electron chi connectivity index (χ4n) is 5.53. The summed E-state index contributed by atoms with van der Waals surface area (Å²) in [6, 6.07) is 12.4. The molecule has 1 aromatic heterocycles. The molecule has 12 heteroatoms. The molecular formula is C31H33F3N4O3S2. The summed E-state index contributed by atoms with van der Waals surface area (Å²) >= 11 is 6.26. The third-order valence-corrected chi connectivity index (χ3v) is 10.0. The molecule has 2 aliphatic carbocycles. The third kappa shape index (κ3) is 6.76. The first-order valence-corrected chi connectivity index (χ1v) is 15.9. The topological polar surface area (TPSA) is 76.5 Å². The normalized spacial score (nSPS) is 20.2. The molecule has 6 rings (SSSR count). The van der Waals surface area contributed by atoms with Crippen molar-refractivity contribution in [3.8, 4) is 11.4 Å². The molecule has 2 saturated carbocycles. The number of fused-ring (bicyclic) bond motifs is 1. The molecule has 43 heavy (non-hydrogen) atoms. The zero-order chi connectivity index (χ0) is 30.1. The van der Waals surface area contributed by atoms with Gasteiger partial charge in [0, 0.05) is 42.1 Å². The van der Waals surface area contributed by atoms with Gasteiger partial charge in [0.25, 0.3) is 5.56 Å². The van der Waals surface area contributed by atoms with E-state index in [0.717, 1.165) is 30.7 Å². The minimum atomic E-state index is -4.37. The van der Waals surface area contributed by atoms with Crippen molar-refractivity contribution in [3.05, 3.63) is 75.7 Å². The van der Waals surface area contributed by atoms with E-state index in [1.165, 1.54) is 18.6 Å². The Morgan fingerprint density at radius 2 is 1.86 bits per heavy atom. The van der Waals surface area contributed by atoms with Gasteiger partial charge in [-0.3, -0.25) is 14.2 Å². The van der Waals surface area contributed by atoms with Crippen LogP contribution in [0.15, 0.2) is 63.4 Å². The minimum absolute atomic E-state index is 0.0245. The number of hydrogen-bond donors (Lipinski definition) is 2. The lowest BCUT2D eigenvalue weighted by atomic mass is 9.89. The van der Waals surface area contributed by atoms with Gasteiger partial charge in [-0.1, -0.05) is 30.3 Å². The van der Waals surface area contributed by atoms with E-state index in [4.69, 9.17) is 9.72 Å². The van der Waals surface area contributed by atoms with Crippen LogP contribution in [0.25, 0.3) is 5.69 Å². The van der Waals surface area contributed by atoms with Crippen LogP contribution >= 0.6 is 24.4 Å². The molecule has 0 saturated heterocycles. The maximum Gasteiger partial charge on any atom is 0.416 e. The second kappa shape index (κ2) is 12.6.